The second-order valence-corrected chi connectivity index (χ2v) is 13.1. The molecule has 2 aliphatic rings. The van der Waals surface area contributed by atoms with Crippen molar-refractivity contribution in [2.75, 3.05) is 17.3 Å². The lowest BCUT2D eigenvalue weighted by Gasteiger charge is -2.34. The number of nitrogens with zero attached hydrogens (tertiary/aromatic N) is 3. The molecule has 0 N–H and O–H groups in total. The Kier molecular flexibility index (Phi) is 6.46. The molecular weight excluding hydrogens is 474 g/mol. The van der Waals surface area contributed by atoms with E-state index in [9.17, 15) is 13.2 Å². The van der Waals surface area contributed by atoms with Crippen LogP contribution in [0.5, 0.6) is 0 Å². The number of hydrogen-bond donors (Lipinski definition) is 0. The van der Waals surface area contributed by atoms with Crippen molar-refractivity contribution < 1.29 is 13.2 Å². The average Bonchev–Trinajstić information content (AvgIpc) is 3.53. The molecule has 1 unspecified atom stereocenters. The number of fused-ring (bicyclic) bond motifs is 1. The number of thiophene rings is 1. The standard InChI is InChI=1S/C24H27N3O3S3/c1-16-25-23(20-13-21(32-24(20)26-16)17-7-3-2-4-8-17)31-14-22(28)27(18-9-5-6-10-18)19-11-12-33(29,30)15-19/h2-4,7-8,13,18-19H,5-6,9-12,14-15H2,1H3. The molecule has 9 heteroatoms. The van der Waals surface area contributed by atoms with Gasteiger partial charge in [0.2, 0.25) is 5.91 Å². The molecule has 1 atom stereocenters. The Morgan fingerprint density at radius 2 is 1.88 bits per heavy atom. The van der Waals surface area contributed by atoms with Gasteiger partial charge in [-0.1, -0.05) is 54.9 Å². The summed E-state index contributed by atoms with van der Waals surface area (Å²) in [5, 5.41) is 1.79. The number of amides is 1. The Labute approximate surface area is 202 Å². The molecule has 3 aromatic rings. The van der Waals surface area contributed by atoms with Crippen LogP contribution in [0.2, 0.25) is 0 Å². The van der Waals surface area contributed by atoms with Gasteiger partial charge in [-0.2, -0.15) is 0 Å². The molecule has 1 saturated carbocycles. The number of sulfone groups is 1. The van der Waals surface area contributed by atoms with Crippen LogP contribution >= 0.6 is 23.1 Å². The van der Waals surface area contributed by atoms with Crippen molar-refractivity contribution in [3.63, 3.8) is 0 Å². The zero-order chi connectivity index (χ0) is 23.0. The Balaban J connectivity index is 1.38. The molecule has 5 rings (SSSR count). The summed E-state index contributed by atoms with van der Waals surface area (Å²) in [5.74, 6) is 1.26. The quantitative estimate of drug-likeness (QED) is 0.359. The number of hydrogen-bond acceptors (Lipinski definition) is 7. The number of thioether (sulfide) groups is 1. The monoisotopic (exact) mass is 501 g/mol. The number of benzene rings is 1. The Bertz CT molecular complexity index is 1270. The van der Waals surface area contributed by atoms with Crippen molar-refractivity contribution in [2.24, 2.45) is 0 Å². The first-order valence-electron chi connectivity index (χ1n) is 11.4. The fourth-order valence-corrected chi connectivity index (χ4v) is 8.71. The summed E-state index contributed by atoms with van der Waals surface area (Å²) >= 11 is 3.07. The molecule has 1 aliphatic heterocycles. The SMILES string of the molecule is Cc1nc(SCC(=O)N(C2CCCC2)C2CCS(=O)(=O)C2)c2cc(-c3ccccc3)sc2n1. The molecule has 3 heterocycles. The minimum absolute atomic E-state index is 0.0249. The van der Waals surface area contributed by atoms with Gasteiger partial charge in [0.05, 0.1) is 17.3 Å². The second kappa shape index (κ2) is 9.35. The molecule has 1 aliphatic carbocycles. The zero-order valence-corrected chi connectivity index (χ0v) is 21.0. The first-order valence-corrected chi connectivity index (χ1v) is 15.0. The van der Waals surface area contributed by atoms with E-state index in [1.54, 1.807) is 11.3 Å². The summed E-state index contributed by atoms with van der Waals surface area (Å²) in [6.45, 7) is 1.88. The summed E-state index contributed by atoms with van der Waals surface area (Å²) in [4.78, 5) is 26.7. The van der Waals surface area contributed by atoms with Crippen molar-refractivity contribution in [2.45, 2.75) is 56.1 Å². The largest absolute Gasteiger partial charge is 0.335 e. The van der Waals surface area contributed by atoms with Crippen LogP contribution in [0.4, 0.5) is 0 Å². The highest BCUT2D eigenvalue weighted by Crippen LogP contribution is 2.37. The van der Waals surface area contributed by atoms with E-state index in [0.29, 0.717) is 12.2 Å². The maximum atomic E-state index is 13.4. The van der Waals surface area contributed by atoms with Crippen molar-refractivity contribution in [1.29, 1.82) is 0 Å². The fraction of sp³-hybridized carbons (Fsp3) is 0.458. The highest BCUT2D eigenvalue weighted by molar-refractivity contribution is 8.00. The Morgan fingerprint density at radius 3 is 2.58 bits per heavy atom. The first-order chi connectivity index (χ1) is 15.9. The van der Waals surface area contributed by atoms with Crippen LogP contribution in [0.15, 0.2) is 41.4 Å². The number of carbonyl (C=O) groups excluding carboxylic acids is 1. The third kappa shape index (κ3) is 4.95. The Hall–Kier alpha value is -1.97. The first kappa shape index (κ1) is 22.8. The van der Waals surface area contributed by atoms with Crippen LogP contribution in [0.25, 0.3) is 20.7 Å². The minimum Gasteiger partial charge on any atom is -0.335 e. The third-order valence-corrected chi connectivity index (χ3v) is 10.3. The second-order valence-electron chi connectivity index (χ2n) is 8.86. The van der Waals surface area contributed by atoms with Gasteiger partial charge in [0, 0.05) is 22.3 Å². The van der Waals surface area contributed by atoms with E-state index in [2.05, 4.69) is 28.2 Å². The van der Waals surface area contributed by atoms with E-state index in [4.69, 9.17) is 0 Å². The average molecular weight is 502 g/mol. The molecule has 2 fully saturated rings. The number of rotatable bonds is 6. The summed E-state index contributed by atoms with van der Waals surface area (Å²) in [7, 11) is -3.05. The highest BCUT2D eigenvalue weighted by Gasteiger charge is 2.38. The van der Waals surface area contributed by atoms with E-state index in [1.807, 2.05) is 30.0 Å². The van der Waals surface area contributed by atoms with Crippen LogP contribution in [-0.2, 0) is 14.6 Å². The van der Waals surface area contributed by atoms with E-state index < -0.39 is 9.84 Å². The van der Waals surface area contributed by atoms with E-state index in [1.165, 1.54) is 11.8 Å². The van der Waals surface area contributed by atoms with E-state index in [0.717, 1.165) is 51.4 Å². The molecule has 174 valence electrons. The molecule has 2 aromatic heterocycles. The maximum Gasteiger partial charge on any atom is 0.233 e. The molecular formula is C24H27N3O3S3. The number of carbonyl (C=O) groups is 1. The summed E-state index contributed by atoms with van der Waals surface area (Å²) in [6.07, 6.45) is 4.69. The molecule has 1 aromatic carbocycles. The van der Waals surface area contributed by atoms with Crippen LogP contribution < -0.4 is 0 Å². The number of aryl methyl sites for hydroxylation is 1. The molecule has 1 amide bonds. The predicted molar refractivity (Wildman–Crippen MR) is 134 cm³/mol. The number of aromatic nitrogens is 2. The van der Waals surface area contributed by atoms with Gasteiger partial charge in [-0.25, -0.2) is 18.4 Å². The van der Waals surface area contributed by atoms with Gasteiger partial charge >= 0.3 is 0 Å². The predicted octanol–water partition coefficient (Wildman–Crippen LogP) is 4.72. The topological polar surface area (TPSA) is 80.2 Å². The van der Waals surface area contributed by atoms with Gasteiger partial charge in [-0.3, -0.25) is 4.79 Å². The van der Waals surface area contributed by atoms with Gasteiger partial charge in [-0.05, 0) is 37.8 Å². The molecule has 6 nitrogen and oxygen atoms in total. The summed E-state index contributed by atoms with van der Waals surface area (Å²) in [5.41, 5.74) is 1.14. The normalized spacial score (nSPS) is 20.5. The summed E-state index contributed by atoms with van der Waals surface area (Å²) in [6, 6.07) is 12.3. The molecule has 1 saturated heterocycles. The lowest BCUT2D eigenvalue weighted by atomic mass is 10.1. The van der Waals surface area contributed by atoms with Crippen molar-refractivity contribution in [1.82, 2.24) is 14.9 Å². The van der Waals surface area contributed by atoms with Gasteiger partial charge in [-0.15, -0.1) is 11.3 Å². The van der Waals surface area contributed by atoms with Crippen LogP contribution in [0.1, 0.15) is 37.9 Å². The summed E-state index contributed by atoms with van der Waals surface area (Å²) < 4.78 is 24.2. The van der Waals surface area contributed by atoms with Crippen LogP contribution in [0, 0.1) is 6.92 Å². The molecule has 0 bridgehead atoms. The fourth-order valence-electron chi connectivity index (χ4n) is 4.94. The smallest absolute Gasteiger partial charge is 0.233 e. The van der Waals surface area contributed by atoms with Crippen molar-refractivity contribution in [3.8, 4) is 10.4 Å². The lowest BCUT2D eigenvalue weighted by molar-refractivity contribution is -0.132. The van der Waals surface area contributed by atoms with Crippen molar-refractivity contribution >= 4 is 49.1 Å². The van der Waals surface area contributed by atoms with Gasteiger partial charge in [0.25, 0.3) is 0 Å². The lowest BCUT2D eigenvalue weighted by Crippen LogP contribution is -2.47. The van der Waals surface area contributed by atoms with E-state index in [-0.39, 0.29) is 35.2 Å². The van der Waals surface area contributed by atoms with Crippen molar-refractivity contribution in [3.05, 3.63) is 42.2 Å². The van der Waals surface area contributed by atoms with Crippen LogP contribution in [-0.4, -0.2) is 58.5 Å². The highest BCUT2D eigenvalue weighted by atomic mass is 32.2. The molecule has 0 radical (unpaired) electrons. The maximum absolute atomic E-state index is 13.4. The third-order valence-electron chi connectivity index (χ3n) is 6.47. The van der Waals surface area contributed by atoms with Crippen LogP contribution in [0.3, 0.4) is 0 Å². The Morgan fingerprint density at radius 1 is 1.12 bits per heavy atom. The van der Waals surface area contributed by atoms with Gasteiger partial charge in [0.15, 0.2) is 9.84 Å². The van der Waals surface area contributed by atoms with Gasteiger partial charge < -0.3 is 4.90 Å². The zero-order valence-electron chi connectivity index (χ0n) is 18.6. The van der Waals surface area contributed by atoms with E-state index >= 15 is 0 Å². The molecule has 0 spiro atoms. The van der Waals surface area contributed by atoms with Gasteiger partial charge in [0.1, 0.15) is 15.7 Å². The molecule has 33 heavy (non-hydrogen) atoms. The minimum atomic E-state index is -3.05.